The van der Waals surface area contributed by atoms with Gasteiger partial charge in [-0.1, -0.05) is 0 Å². The van der Waals surface area contributed by atoms with E-state index in [-0.39, 0.29) is 17.1 Å². The Balaban J connectivity index is 3.05. The Morgan fingerprint density at radius 1 is 1.33 bits per heavy atom. The standard InChI is InChI=1S/C11H18N2O4S/c1-13(6-7-16-2)18(14,15)11-5-4-9(17-3)8-10(11)12/h4-5,8H,6-7,12H2,1-3H3. The SMILES string of the molecule is COCCN(C)S(=O)(=O)c1ccc(OC)cc1N. The van der Waals surface area contributed by atoms with Crippen molar-refractivity contribution < 1.29 is 17.9 Å². The van der Waals surface area contributed by atoms with Gasteiger partial charge in [0, 0.05) is 26.8 Å². The van der Waals surface area contributed by atoms with E-state index in [2.05, 4.69) is 0 Å². The minimum absolute atomic E-state index is 0.0712. The van der Waals surface area contributed by atoms with Crippen LogP contribution in [0.5, 0.6) is 5.75 Å². The number of nitrogen functional groups attached to an aromatic ring is 1. The van der Waals surface area contributed by atoms with Crippen LogP contribution in [0.4, 0.5) is 5.69 Å². The van der Waals surface area contributed by atoms with Crippen LogP contribution in [0.1, 0.15) is 0 Å². The molecule has 0 bridgehead atoms. The summed E-state index contributed by atoms with van der Waals surface area (Å²) < 4.78 is 35.5. The van der Waals surface area contributed by atoms with Gasteiger partial charge in [0.15, 0.2) is 0 Å². The molecule has 1 aromatic carbocycles. The van der Waals surface area contributed by atoms with Crippen molar-refractivity contribution in [2.75, 3.05) is 40.2 Å². The van der Waals surface area contributed by atoms with Gasteiger partial charge in [-0.15, -0.1) is 0 Å². The van der Waals surface area contributed by atoms with E-state index in [0.29, 0.717) is 12.4 Å². The lowest BCUT2D eigenvalue weighted by atomic mass is 10.3. The number of methoxy groups -OCH3 is 2. The summed E-state index contributed by atoms with van der Waals surface area (Å²) >= 11 is 0. The van der Waals surface area contributed by atoms with Crippen molar-refractivity contribution in [3.8, 4) is 5.75 Å². The number of hydrogen-bond acceptors (Lipinski definition) is 5. The van der Waals surface area contributed by atoms with E-state index in [0.717, 1.165) is 0 Å². The fourth-order valence-corrected chi connectivity index (χ4v) is 2.64. The Morgan fingerprint density at radius 3 is 2.50 bits per heavy atom. The number of nitrogens with two attached hydrogens (primary N) is 1. The smallest absolute Gasteiger partial charge is 0.244 e. The zero-order chi connectivity index (χ0) is 13.8. The molecule has 0 aromatic heterocycles. The molecule has 0 fully saturated rings. The minimum atomic E-state index is -3.59. The molecule has 2 N–H and O–H groups in total. The second-order valence-corrected chi connectivity index (χ2v) is 5.74. The van der Waals surface area contributed by atoms with E-state index in [1.165, 1.54) is 37.7 Å². The highest BCUT2D eigenvalue weighted by Crippen LogP contribution is 2.25. The first-order chi connectivity index (χ1) is 8.43. The fourth-order valence-electron chi connectivity index (χ4n) is 1.40. The molecule has 0 saturated heterocycles. The van der Waals surface area contributed by atoms with Crippen molar-refractivity contribution in [3.05, 3.63) is 18.2 Å². The van der Waals surface area contributed by atoms with Crippen molar-refractivity contribution in [2.24, 2.45) is 0 Å². The highest BCUT2D eigenvalue weighted by atomic mass is 32.2. The average molecular weight is 274 g/mol. The summed E-state index contributed by atoms with van der Waals surface area (Å²) in [5.41, 5.74) is 5.90. The van der Waals surface area contributed by atoms with Crippen molar-refractivity contribution in [1.29, 1.82) is 0 Å². The molecule has 0 aliphatic rings. The number of benzene rings is 1. The third kappa shape index (κ3) is 3.12. The van der Waals surface area contributed by atoms with Crippen molar-refractivity contribution >= 4 is 15.7 Å². The summed E-state index contributed by atoms with van der Waals surface area (Å²) in [4.78, 5) is 0.0712. The van der Waals surface area contributed by atoms with Gasteiger partial charge in [0.2, 0.25) is 10.0 Å². The van der Waals surface area contributed by atoms with Gasteiger partial charge in [0.05, 0.1) is 19.4 Å². The van der Waals surface area contributed by atoms with Crippen LogP contribution in [0, 0.1) is 0 Å². The van der Waals surface area contributed by atoms with Crippen LogP contribution in [0.2, 0.25) is 0 Å². The summed E-state index contributed by atoms with van der Waals surface area (Å²) in [7, 11) is 0.900. The van der Waals surface area contributed by atoms with Gasteiger partial charge in [-0.25, -0.2) is 8.42 Å². The van der Waals surface area contributed by atoms with Crippen LogP contribution in [-0.2, 0) is 14.8 Å². The quantitative estimate of drug-likeness (QED) is 0.766. The molecular formula is C11H18N2O4S. The van der Waals surface area contributed by atoms with Gasteiger partial charge in [-0.3, -0.25) is 0 Å². The molecule has 0 saturated carbocycles. The molecule has 0 radical (unpaired) electrons. The van der Waals surface area contributed by atoms with Crippen LogP contribution in [-0.4, -0.2) is 47.1 Å². The Bertz CT molecular complexity index is 502. The minimum Gasteiger partial charge on any atom is -0.497 e. The summed E-state index contributed by atoms with van der Waals surface area (Å²) in [5, 5.41) is 0. The van der Waals surface area contributed by atoms with Gasteiger partial charge in [0.25, 0.3) is 0 Å². The topological polar surface area (TPSA) is 81.9 Å². The molecule has 0 atom stereocenters. The Labute approximate surface area is 107 Å². The van der Waals surface area contributed by atoms with Crippen LogP contribution >= 0.6 is 0 Å². The summed E-state index contributed by atoms with van der Waals surface area (Å²) in [5.74, 6) is 0.519. The number of rotatable bonds is 6. The number of likely N-dealkylation sites (N-methyl/N-ethyl adjacent to an activating group) is 1. The average Bonchev–Trinajstić information content (AvgIpc) is 2.35. The van der Waals surface area contributed by atoms with Crippen molar-refractivity contribution in [2.45, 2.75) is 4.90 Å². The van der Waals surface area contributed by atoms with Gasteiger partial charge in [-0.05, 0) is 12.1 Å². The Kier molecular flexibility index (Phi) is 4.94. The number of nitrogens with zero attached hydrogens (tertiary/aromatic N) is 1. The van der Waals surface area contributed by atoms with Gasteiger partial charge in [-0.2, -0.15) is 4.31 Å². The molecule has 7 heteroatoms. The summed E-state index contributed by atoms with van der Waals surface area (Å²) in [6.45, 7) is 0.593. The van der Waals surface area contributed by atoms with E-state index < -0.39 is 10.0 Å². The molecule has 1 aromatic rings. The maximum atomic E-state index is 12.2. The number of sulfonamides is 1. The van der Waals surface area contributed by atoms with Crippen molar-refractivity contribution in [1.82, 2.24) is 4.31 Å². The van der Waals surface area contributed by atoms with Gasteiger partial charge < -0.3 is 15.2 Å². The van der Waals surface area contributed by atoms with E-state index >= 15 is 0 Å². The zero-order valence-corrected chi connectivity index (χ0v) is 11.5. The lowest BCUT2D eigenvalue weighted by Crippen LogP contribution is -2.30. The fraction of sp³-hybridized carbons (Fsp3) is 0.455. The normalized spacial score (nSPS) is 11.8. The van der Waals surface area contributed by atoms with Crippen LogP contribution < -0.4 is 10.5 Å². The maximum absolute atomic E-state index is 12.2. The van der Waals surface area contributed by atoms with Crippen LogP contribution in [0.15, 0.2) is 23.1 Å². The maximum Gasteiger partial charge on any atom is 0.244 e. The summed E-state index contributed by atoms with van der Waals surface area (Å²) in [6, 6.07) is 4.48. The first-order valence-electron chi connectivity index (χ1n) is 5.32. The molecule has 6 nitrogen and oxygen atoms in total. The van der Waals surface area contributed by atoms with E-state index in [1.54, 1.807) is 6.07 Å². The van der Waals surface area contributed by atoms with Gasteiger partial charge in [0.1, 0.15) is 10.6 Å². The van der Waals surface area contributed by atoms with Crippen molar-refractivity contribution in [3.63, 3.8) is 0 Å². The highest BCUT2D eigenvalue weighted by Gasteiger charge is 2.23. The molecule has 0 spiro atoms. The molecule has 0 heterocycles. The highest BCUT2D eigenvalue weighted by molar-refractivity contribution is 7.89. The van der Waals surface area contributed by atoms with E-state index in [1.807, 2.05) is 0 Å². The molecular weight excluding hydrogens is 256 g/mol. The Hall–Kier alpha value is -1.31. The lowest BCUT2D eigenvalue weighted by molar-refractivity contribution is 0.185. The molecule has 102 valence electrons. The lowest BCUT2D eigenvalue weighted by Gasteiger charge is -2.18. The largest absolute Gasteiger partial charge is 0.497 e. The third-order valence-electron chi connectivity index (χ3n) is 2.52. The van der Waals surface area contributed by atoms with E-state index in [9.17, 15) is 8.42 Å². The van der Waals surface area contributed by atoms with E-state index in [4.69, 9.17) is 15.2 Å². The first-order valence-corrected chi connectivity index (χ1v) is 6.76. The second kappa shape index (κ2) is 6.03. The Morgan fingerprint density at radius 2 is 2.00 bits per heavy atom. The molecule has 18 heavy (non-hydrogen) atoms. The van der Waals surface area contributed by atoms with Crippen LogP contribution in [0.3, 0.4) is 0 Å². The van der Waals surface area contributed by atoms with Crippen LogP contribution in [0.25, 0.3) is 0 Å². The summed E-state index contributed by atoms with van der Waals surface area (Å²) in [6.07, 6.45) is 0. The monoisotopic (exact) mass is 274 g/mol. The predicted molar refractivity (Wildman–Crippen MR) is 69.1 cm³/mol. The number of hydrogen-bond donors (Lipinski definition) is 1. The first kappa shape index (κ1) is 14.7. The zero-order valence-electron chi connectivity index (χ0n) is 10.7. The number of ether oxygens (including phenoxy) is 2. The molecule has 1 rings (SSSR count). The molecule has 0 unspecified atom stereocenters. The number of anilines is 1. The van der Waals surface area contributed by atoms with Gasteiger partial charge >= 0.3 is 0 Å². The second-order valence-electron chi connectivity index (χ2n) is 3.72. The molecule has 0 aliphatic heterocycles. The third-order valence-corrected chi connectivity index (χ3v) is 4.45. The predicted octanol–water partition coefficient (Wildman–Crippen LogP) is 0.544. The molecule has 0 amide bonds. The molecule has 0 aliphatic carbocycles.